The molecule has 0 bridgehead atoms. The zero-order chi connectivity index (χ0) is 31.4. The van der Waals surface area contributed by atoms with Crippen molar-refractivity contribution < 1.29 is 24.2 Å². The number of carboxylic acids is 1. The van der Waals surface area contributed by atoms with Gasteiger partial charge in [-0.15, -0.1) is 0 Å². The minimum Gasteiger partial charge on any atom is -0.497 e. The van der Waals surface area contributed by atoms with E-state index < -0.39 is 5.97 Å². The van der Waals surface area contributed by atoms with Crippen LogP contribution in [-0.4, -0.2) is 40.9 Å². The van der Waals surface area contributed by atoms with Gasteiger partial charge in [-0.05, 0) is 85.3 Å². The first kappa shape index (κ1) is 30.0. The molecule has 0 fully saturated rings. The minimum atomic E-state index is -0.833. The lowest BCUT2D eigenvalue weighted by atomic mass is 9.95. The van der Waals surface area contributed by atoms with Crippen molar-refractivity contribution in [1.82, 2.24) is 4.57 Å². The maximum atomic E-state index is 14.1. The number of hydrogen-bond donors (Lipinski definition) is 2. The lowest BCUT2D eigenvalue weighted by molar-refractivity contribution is -0.134. The summed E-state index contributed by atoms with van der Waals surface area (Å²) >= 11 is 0. The zero-order valence-corrected chi connectivity index (χ0v) is 25.2. The zero-order valence-electron chi connectivity index (χ0n) is 25.2. The average Bonchev–Trinajstić information content (AvgIpc) is 3.36. The summed E-state index contributed by atoms with van der Waals surface area (Å²) in [5, 5.41) is 20.2. The van der Waals surface area contributed by atoms with Crippen molar-refractivity contribution in [3.05, 3.63) is 119 Å². The van der Waals surface area contributed by atoms with Crippen LogP contribution in [0.25, 0.3) is 32.6 Å². The molecule has 0 aliphatic heterocycles. The first-order valence-corrected chi connectivity index (χ1v) is 14.5. The number of ketones is 1. The molecule has 0 spiro atoms. The number of nitrogens with one attached hydrogen (secondary N) is 1. The Morgan fingerprint density at radius 2 is 1.36 bits per heavy atom. The highest BCUT2D eigenvalue weighted by atomic mass is 16.5. The molecule has 0 saturated heterocycles. The fourth-order valence-corrected chi connectivity index (χ4v) is 5.57. The largest absolute Gasteiger partial charge is 0.497 e. The van der Waals surface area contributed by atoms with Crippen LogP contribution in [0.2, 0.25) is 0 Å². The standard InChI is InChI=1S/C35H30N2O3.C2H4O2/c1-4-37-30-17-12-24(34(36)23-10-15-26(39-3)16-11-23)20-28(30)29-21-25(13-18-31(29)37)35(38)33-27-9-7-6-8-22(27)14-19-32(33)40-5-2;1-2(3)4/h6-21,36H,4-5H2,1-3H3;1H3,(H,3,4). The number of ether oxygens (including phenoxy) is 2. The van der Waals surface area contributed by atoms with Crippen molar-refractivity contribution in [3.8, 4) is 11.5 Å². The smallest absolute Gasteiger partial charge is 0.300 e. The molecule has 6 aromatic rings. The van der Waals surface area contributed by atoms with E-state index in [9.17, 15) is 4.79 Å². The number of hydrogen-bond acceptors (Lipinski definition) is 5. The Hall–Kier alpha value is -5.43. The number of aromatic nitrogens is 1. The first-order chi connectivity index (χ1) is 21.3. The number of aryl methyl sites for hydroxylation is 1. The lowest BCUT2D eigenvalue weighted by Crippen LogP contribution is -2.06. The number of nitrogens with zero attached hydrogens (tertiary/aromatic N) is 1. The van der Waals surface area contributed by atoms with Gasteiger partial charge >= 0.3 is 0 Å². The highest BCUT2D eigenvalue weighted by Crippen LogP contribution is 2.34. The van der Waals surface area contributed by atoms with Gasteiger partial charge in [0, 0.05) is 52.0 Å². The van der Waals surface area contributed by atoms with E-state index in [4.69, 9.17) is 24.8 Å². The molecule has 0 unspecified atom stereocenters. The number of fused-ring (bicyclic) bond motifs is 4. The Labute approximate surface area is 255 Å². The lowest BCUT2D eigenvalue weighted by Gasteiger charge is -2.13. The third kappa shape index (κ3) is 5.77. The first-order valence-electron chi connectivity index (χ1n) is 14.5. The number of benzene rings is 5. The Balaban J connectivity index is 0.000000906. The molecule has 2 N–H and O–H groups in total. The third-order valence-electron chi connectivity index (χ3n) is 7.53. The Morgan fingerprint density at radius 3 is 1.98 bits per heavy atom. The van der Waals surface area contributed by atoms with Gasteiger partial charge in [-0.3, -0.25) is 15.0 Å². The van der Waals surface area contributed by atoms with Crippen LogP contribution in [0.4, 0.5) is 0 Å². The summed E-state index contributed by atoms with van der Waals surface area (Å²) in [4.78, 5) is 23.1. The van der Waals surface area contributed by atoms with E-state index in [0.29, 0.717) is 29.2 Å². The molecular weight excluding hydrogens is 552 g/mol. The molecule has 0 aliphatic rings. The second-order valence-corrected chi connectivity index (χ2v) is 10.3. The SMILES string of the molecule is CC(=O)O.CCOc1ccc2ccccc2c1C(=O)c1ccc2c(c1)c1cc(C(=N)c3ccc(OC)cc3)ccc1n2CC. The number of methoxy groups -OCH3 is 1. The van der Waals surface area contributed by atoms with Crippen molar-refractivity contribution in [2.75, 3.05) is 13.7 Å². The number of rotatable bonds is 8. The molecule has 5 aromatic carbocycles. The van der Waals surface area contributed by atoms with Crippen LogP contribution in [-0.2, 0) is 11.3 Å². The molecule has 1 aromatic heterocycles. The van der Waals surface area contributed by atoms with Crippen molar-refractivity contribution in [3.63, 3.8) is 0 Å². The van der Waals surface area contributed by atoms with Crippen molar-refractivity contribution in [2.45, 2.75) is 27.3 Å². The molecule has 0 atom stereocenters. The number of carboxylic acid groups (broad SMARTS) is 1. The van der Waals surface area contributed by atoms with Gasteiger partial charge in [0.15, 0.2) is 5.78 Å². The van der Waals surface area contributed by atoms with Gasteiger partial charge < -0.3 is 19.1 Å². The van der Waals surface area contributed by atoms with E-state index >= 15 is 0 Å². The molecule has 0 amide bonds. The molecule has 0 radical (unpaired) electrons. The van der Waals surface area contributed by atoms with Crippen LogP contribution in [0.15, 0.2) is 97.1 Å². The van der Waals surface area contributed by atoms with Crippen LogP contribution in [0, 0.1) is 5.41 Å². The molecular formula is C37H34N2O5. The second kappa shape index (κ2) is 12.8. The van der Waals surface area contributed by atoms with Crippen molar-refractivity contribution in [1.29, 1.82) is 5.41 Å². The summed E-state index contributed by atoms with van der Waals surface area (Å²) in [6, 6.07) is 31.4. The van der Waals surface area contributed by atoms with E-state index in [-0.39, 0.29) is 5.78 Å². The van der Waals surface area contributed by atoms with Gasteiger partial charge in [-0.2, -0.15) is 0 Å². The molecule has 6 rings (SSSR count). The van der Waals surface area contributed by atoms with Gasteiger partial charge in [-0.1, -0.05) is 36.4 Å². The summed E-state index contributed by atoms with van der Waals surface area (Å²) in [5.74, 6) is 0.452. The number of carbonyl (C=O) groups excluding carboxylic acids is 1. The van der Waals surface area contributed by atoms with Gasteiger partial charge in [0.05, 0.1) is 25.0 Å². The highest BCUT2D eigenvalue weighted by molar-refractivity contribution is 6.21. The van der Waals surface area contributed by atoms with E-state index in [1.165, 1.54) is 0 Å². The molecule has 1 heterocycles. The maximum Gasteiger partial charge on any atom is 0.300 e. The molecule has 0 aliphatic carbocycles. The fraction of sp³-hybridized carbons (Fsp3) is 0.162. The predicted octanol–water partition coefficient (Wildman–Crippen LogP) is 8.11. The van der Waals surface area contributed by atoms with Crippen molar-refractivity contribution >= 4 is 50.0 Å². The predicted molar refractivity (Wildman–Crippen MR) is 176 cm³/mol. The second-order valence-electron chi connectivity index (χ2n) is 10.3. The normalized spacial score (nSPS) is 10.8. The Kier molecular flexibility index (Phi) is 8.76. The highest BCUT2D eigenvalue weighted by Gasteiger charge is 2.20. The molecule has 7 heteroatoms. The van der Waals surface area contributed by atoms with Gasteiger partial charge in [0.1, 0.15) is 11.5 Å². The molecule has 7 nitrogen and oxygen atoms in total. The summed E-state index contributed by atoms with van der Waals surface area (Å²) in [6.45, 7) is 6.40. The topological polar surface area (TPSA) is 102 Å². The minimum absolute atomic E-state index is 0.0679. The summed E-state index contributed by atoms with van der Waals surface area (Å²) in [6.07, 6.45) is 0. The van der Waals surface area contributed by atoms with Crippen LogP contribution in [0.3, 0.4) is 0 Å². The van der Waals surface area contributed by atoms with E-state index in [0.717, 1.165) is 62.9 Å². The van der Waals surface area contributed by atoms with Crippen LogP contribution in [0.1, 0.15) is 47.8 Å². The summed E-state index contributed by atoms with van der Waals surface area (Å²) in [5.41, 5.74) is 5.40. The van der Waals surface area contributed by atoms with Gasteiger partial charge in [0.25, 0.3) is 5.97 Å². The molecule has 222 valence electrons. The van der Waals surface area contributed by atoms with E-state index in [1.807, 2.05) is 91.9 Å². The molecule has 44 heavy (non-hydrogen) atoms. The van der Waals surface area contributed by atoms with Gasteiger partial charge in [0.2, 0.25) is 0 Å². The number of carbonyl (C=O) groups is 2. The van der Waals surface area contributed by atoms with Crippen LogP contribution < -0.4 is 9.47 Å². The van der Waals surface area contributed by atoms with Crippen LogP contribution in [0.5, 0.6) is 11.5 Å². The maximum absolute atomic E-state index is 14.1. The van der Waals surface area contributed by atoms with Crippen LogP contribution >= 0.6 is 0 Å². The number of aliphatic carboxylic acids is 1. The Morgan fingerprint density at radius 1 is 0.773 bits per heavy atom. The fourth-order valence-electron chi connectivity index (χ4n) is 5.57. The Bertz CT molecular complexity index is 2020. The summed E-state index contributed by atoms with van der Waals surface area (Å²) in [7, 11) is 1.63. The third-order valence-corrected chi connectivity index (χ3v) is 7.53. The molecule has 0 saturated carbocycles. The van der Waals surface area contributed by atoms with Crippen molar-refractivity contribution in [2.24, 2.45) is 0 Å². The van der Waals surface area contributed by atoms with E-state index in [1.54, 1.807) is 7.11 Å². The quantitative estimate of drug-likeness (QED) is 0.139. The monoisotopic (exact) mass is 586 g/mol. The van der Waals surface area contributed by atoms with E-state index in [2.05, 4.69) is 23.6 Å². The average molecular weight is 587 g/mol. The van der Waals surface area contributed by atoms with Gasteiger partial charge in [-0.25, -0.2) is 0 Å². The summed E-state index contributed by atoms with van der Waals surface area (Å²) < 4.78 is 13.4.